The first-order valence-corrected chi connectivity index (χ1v) is 4.53. The molecule has 0 bridgehead atoms. The van der Waals surface area contributed by atoms with E-state index in [0.29, 0.717) is 12.4 Å². The summed E-state index contributed by atoms with van der Waals surface area (Å²) in [6.07, 6.45) is 3.37. The second-order valence-electron chi connectivity index (χ2n) is 3.24. The van der Waals surface area contributed by atoms with Gasteiger partial charge in [0, 0.05) is 12.8 Å². The Bertz CT molecular complexity index is 192. The number of Topliss-reactive ketones (excluding diaryl/α,β-unsaturated/α-hetero) is 1. The van der Waals surface area contributed by atoms with Gasteiger partial charge in [0.25, 0.3) is 0 Å². The largest absolute Gasteiger partial charge is 0.508 e. The maximum absolute atomic E-state index is 10.2. The van der Waals surface area contributed by atoms with Gasteiger partial charge < -0.3 is 9.47 Å². The summed E-state index contributed by atoms with van der Waals surface area (Å²) in [5.41, 5.74) is 0. The molecule has 1 aliphatic carbocycles. The topological polar surface area (TPSA) is 52.6 Å². The second kappa shape index (κ2) is 4.84. The van der Waals surface area contributed by atoms with Crippen molar-refractivity contribution in [3.05, 3.63) is 0 Å². The van der Waals surface area contributed by atoms with E-state index in [9.17, 15) is 9.59 Å². The Hall–Kier alpha value is -1.06. The third-order valence-corrected chi connectivity index (χ3v) is 1.89. The molecule has 1 atom stereocenters. The minimum absolute atomic E-state index is 0.0486. The van der Waals surface area contributed by atoms with E-state index < -0.39 is 6.16 Å². The van der Waals surface area contributed by atoms with Crippen molar-refractivity contribution in [2.24, 2.45) is 0 Å². The van der Waals surface area contributed by atoms with Gasteiger partial charge in [-0.2, -0.15) is 0 Å². The molecule has 0 radical (unpaired) electrons. The summed E-state index contributed by atoms with van der Waals surface area (Å²) in [6, 6.07) is 0. The van der Waals surface area contributed by atoms with Gasteiger partial charge in [-0.15, -0.1) is 0 Å². The zero-order valence-corrected chi connectivity index (χ0v) is 7.75. The van der Waals surface area contributed by atoms with Crippen LogP contribution in [0.4, 0.5) is 4.79 Å². The Morgan fingerprint density at radius 3 is 2.00 bits per heavy atom. The first kappa shape index (κ1) is 10.0. The summed E-state index contributed by atoms with van der Waals surface area (Å²) < 4.78 is 8.90. The highest BCUT2D eigenvalue weighted by Gasteiger charge is 2.19. The number of rotatable bonds is 0. The smallest absolute Gasteiger partial charge is 0.430 e. The normalized spacial score (nSPS) is 26.1. The second-order valence-corrected chi connectivity index (χ2v) is 3.24. The first-order chi connectivity index (χ1) is 6.18. The fourth-order valence-corrected chi connectivity index (χ4v) is 1.19. The highest BCUT2D eigenvalue weighted by Crippen LogP contribution is 2.11. The van der Waals surface area contributed by atoms with Crippen LogP contribution in [0.25, 0.3) is 0 Å². The molecule has 4 nitrogen and oxygen atoms in total. The van der Waals surface area contributed by atoms with Crippen LogP contribution < -0.4 is 0 Å². The molecule has 0 aromatic rings. The first-order valence-electron chi connectivity index (χ1n) is 4.53. The molecule has 0 aromatic carbocycles. The summed E-state index contributed by atoms with van der Waals surface area (Å²) in [7, 11) is 0. The van der Waals surface area contributed by atoms with E-state index >= 15 is 0 Å². The fraction of sp³-hybridized carbons (Fsp3) is 0.778. The predicted molar refractivity (Wildman–Crippen MR) is 45.4 cm³/mol. The maximum Gasteiger partial charge on any atom is 0.508 e. The molecular formula is C9H14O4. The van der Waals surface area contributed by atoms with Crippen LogP contribution in [0.5, 0.6) is 0 Å². The molecule has 1 saturated carbocycles. The van der Waals surface area contributed by atoms with Gasteiger partial charge in [0.2, 0.25) is 0 Å². The predicted octanol–water partition coefficient (Wildman–Crippen LogP) is 1.67. The number of carbonyl (C=O) groups excluding carboxylic acids is 2. The SMILES string of the molecule is CC1COC(=O)O1.O=C1CCCC1. The van der Waals surface area contributed by atoms with Crippen molar-refractivity contribution in [2.75, 3.05) is 6.61 Å². The minimum atomic E-state index is -0.549. The summed E-state index contributed by atoms with van der Waals surface area (Å²) in [4.78, 5) is 20.3. The van der Waals surface area contributed by atoms with E-state index in [1.165, 1.54) is 0 Å². The van der Waals surface area contributed by atoms with Crippen molar-refractivity contribution in [1.82, 2.24) is 0 Å². The highest BCUT2D eigenvalue weighted by atomic mass is 16.8. The molecule has 4 heteroatoms. The lowest BCUT2D eigenvalue weighted by Crippen LogP contribution is -2.01. The molecule has 0 N–H and O–H groups in total. The number of hydrogen-bond donors (Lipinski definition) is 0. The van der Waals surface area contributed by atoms with E-state index in [0.717, 1.165) is 25.7 Å². The van der Waals surface area contributed by atoms with E-state index in [4.69, 9.17) is 0 Å². The lowest BCUT2D eigenvalue weighted by atomic mass is 10.4. The van der Waals surface area contributed by atoms with Crippen LogP contribution in [0, 0.1) is 0 Å². The molecule has 1 heterocycles. The van der Waals surface area contributed by atoms with Crippen molar-refractivity contribution < 1.29 is 19.1 Å². The van der Waals surface area contributed by atoms with E-state index in [1.807, 2.05) is 0 Å². The van der Waals surface area contributed by atoms with Crippen molar-refractivity contribution in [3.63, 3.8) is 0 Å². The molecule has 0 aromatic heterocycles. The van der Waals surface area contributed by atoms with Crippen molar-refractivity contribution in [3.8, 4) is 0 Å². The van der Waals surface area contributed by atoms with Crippen LogP contribution in [-0.4, -0.2) is 24.6 Å². The molecule has 0 amide bonds. The fourth-order valence-electron chi connectivity index (χ4n) is 1.19. The van der Waals surface area contributed by atoms with Crippen LogP contribution in [0.2, 0.25) is 0 Å². The molecule has 1 aliphatic heterocycles. The van der Waals surface area contributed by atoms with Gasteiger partial charge in [0.15, 0.2) is 0 Å². The van der Waals surface area contributed by atoms with Crippen molar-refractivity contribution >= 4 is 11.9 Å². The Labute approximate surface area is 77.2 Å². The minimum Gasteiger partial charge on any atom is -0.430 e. The van der Waals surface area contributed by atoms with Crippen LogP contribution in [0.15, 0.2) is 0 Å². The molecular weight excluding hydrogens is 172 g/mol. The Morgan fingerprint density at radius 2 is 1.85 bits per heavy atom. The molecule has 1 saturated heterocycles. The van der Waals surface area contributed by atoms with Gasteiger partial charge in [0.1, 0.15) is 18.5 Å². The Morgan fingerprint density at radius 1 is 1.23 bits per heavy atom. The Balaban J connectivity index is 0.000000132. The average Bonchev–Trinajstić information content (AvgIpc) is 2.64. The standard InChI is InChI=1S/C5H8O.C4H6O3/c6-5-3-1-2-4-5;1-3-2-6-4(5)7-3/h1-4H2;3H,2H2,1H3. The molecule has 2 aliphatic rings. The van der Waals surface area contributed by atoms with E-state index in [2.05, 4.69) is 9.47 Å². The summed E-state index contributed by atoms with van der Waals surface area (Å²) in [5.74, 6) is 0.454. The number of hydrogen-bond acceptors (Lipinski definition) is 4. The number of ether oxygens (including phenoxy) is 2. The quantitative estimate of drug-likeness (QED) is 0.540. The molecule has 0 spiro atoms. The zero-order valence-electron chi connectivity index (χ0n) is 7.75. The van der Waals surface area contributed by atoms with Gasteiger partial charge in [-0.05, 0) is 19.8 Å². The van der Waals surface area contributed by atoms with Gasteiger partial charge in [-0.25, -0.2) is 4.79 Å². The van der Waals surface area contributed by atoms with Gasteiger partial charge in [-0.3, -0.25) is 4.79 Å². The molecule has 2 rings (SSSR count). The third-order valence-electron chi connectivity index (χ3n) is 1.89. The molecule has 2 fully saturated rings. The van der Waals surface area contributed by atoms with Gasteiger partial charge in [-0.1, -0.05) is 0 Å². The van der Waals surface area contributed by atoms with Gasteiger partial charge in [0.05, 0.1) is 0 Å². The summed E-state index contributed by atoms with van der Waals surface area (Å²) in [5, 5.41) is 0. The van der Waals surface area contributed by atoms with Crippen LogP contribution in [0.1, 0.15) is 32.6 Å². The summed E-state index contributed by atoms with van der Waals surface area (Å²) in [6.45, 7) is 2.18. The highest BCUT2D eigenvalue weighted by molar-refractivity contribution is 5.80. The van der Waals surface area contributed by atoms with Crippen LogP contribution >= 0.6 is 0 Å². The van der Waals surface area contributed by atoms with Crippen LogP contribution in [0.3, 0.4) is 0 Å². The maximum atomic E-state index is 10.2. The third kappa shape index (κ3) is 3.92. The zero-order chi connectivity index (χ0) is 9.68. The lowest BCUT2D eigenvalue weighted by Gasteiger charge is -1.90. The number of carbonyl (C=O) groups is 2. The van der Waals surface area contributed by atoms with Crippen molar-refractivity contribution in [2.45, 2.75) is 38.7 Å². The monoisotopic (exact) mass is 186 g/mol. The summed E-state index contributed by atoms with van der Waals surface area (Å²) >= 11 is 0. The average molecular weight is 186 g/mol. The van der Waals surface area contributed by atoms with Crippen LogP contribution in [-0.2, 0) is 14.3 Å². The van der Waals surface area contributed by atoms with Gasteiger partial charge >= 0.3 is 6.16 Å². The van der Waals surface area contributed by atoms with E-state index in [1.54, 1.807) is 6.92 Å². The number of ketones is 1. The van der Waals surface area contributed by atoms with E-state index in [-0.39, 0.29) is 6.10 Å². The van der Waals surface area contributed by atoms with Crippen molar-refractivity contribution in [1.29, 1.82) is 0 Å². The lowest BCUT2D eigenvalue weighted by molar-refractivity contribution is -0.117. The Kier molecular flexibility index (Phi) is 3.73. The molecule has 1 unspecified atom stereocenters. The molecule has 74 valence electrons. The number of cyclic esters (lactones) is 2. The molecule has 13 heavy (non-hydrogen) atoms.